The average Bonchev–Trinajstić information content (AvgIpc) is 2.99. The van der Waals surface area contributed by atoms with Crippen LogP contribution in [0, 0.1) is 46.3 Å². The van der Waals surface area contributed by atoms with E-state index >= 15 is 0 Å². The van der Waals surface area contributed by atoms with Gasteiger partial charge in [-0.25, -0.2) is 0 Å². The number of allylic oxidation sites excluding steroid dienone is 3. The molecular weight excluding hydrogens is 340 g/mol. The zero-order chi connectivity index (χ0) is 20.1. The Labute approximate surface area is 174 Å². The lowest BCUT2D eigenvalue weighted by Crippen LogP contribution is -2.50. The Hall–Kier alpha value is -0.560. The summed E-state index contributed by atoms with van der Waals surface area (Å²) < 4.78 is 0. The van der Waals surface area contributed by atoms with E-state index in [1.54, 1.807) is 5.57 Å². The van der Waals surface area contributed by atoms with Crippen molar-refractivity contribution in [2.75, 3.05) is 0 Å². The fraction of sp³-hybridized carbons (Fsp3) is 0.852. The molecule has 0 bridgehead atoms. The van der Waals surface area contributed by atoms with Crippen molar-refractivity contribution in [1.82, 2.24) is 0 Å². The second-order valence-corrected chi connectivity index (χ2v) is 11.8. The molecule has 28 heavy (non-hydrogen) atoms. The molecule has 0 aromatic carbocycles. The molecule has 4 aliphatic rings. The van der Waals surface area contributed by atoms with E-state index in [4.69, 9.17) is 0 Å². The number of hydrogen-bond donors (Lipinski definition) is 1. The highest BCUT2D eigenvalue weighted by atomic mass is 16.3. The molecule has 4 aliphatic carbocycles. The van der Waals surface area contributed by atoms with Crippen molar-refractivity contribution in [3.05, 3.63) is 23.8 Å². The Morgan fingerprint density at radius 1 is 1.07 bits per heavy atom. The molecule has 0 aromatic heterocycles. The Kier molecular flexibility index (Phi) is 5.62. The standard InChI is InChI=1S/C27H44O/c1-18(2)7-6-8-19(3)23-11-12-24-22-10-9-20-17-21(28)13-15-26(20,4)25(22)14-16-27(23,24)5/h6,8-9,18-19,21-25,28H,7,10-17H2,1-5H3/t19-,21-,22-,23+,24-,25+,26-,27+/m0/s1. The van der Waals surface area contributed by atoms with Crippen LogP contribution in [0.15, 0.2) is 23.8 Å². The average molecular weight is 385 g/mol. The van der Waals surface area contributed by atoms with E-state index < -0.39 is 0 Å². The number of rotatable bonds is 4. The number of aliphatic hydroxyl groups excluding tert-OH is 1. The van der Waals surface area contributed by atoms with E-state index in [0.717, 1.165) is 48.3 Å². The zero-order valence-electron chi connectivity index (χ0n) is 19.1. The maximum absolute atomic E-state index is 10.2. The molecule has 8 atom stereocenters. The van der Waals surface area contributed by atoms with Crippen LogP contribution in [0.4, 0.5) is 0 Å². The zero-order valence-corrected chi connectivity index (χ0v) is 19.1. The highest BCUT2D eigenvalue weighted by Crippen LogP contribution is 2.67. The van der Waals surface area contributed by atoms with Gasteiger partial charge in [-0.2, -0.15) is 0 Å². The van der Waals surface area contributed by atoms with Gasteiger partial charge < -0.3 is 5.11 Å². The van der Waals surface area contributed by atoms with Gasteiger partial charge in [0, 0.05) is 0 Å². The largest absolute Gasteiger partial charge is 0.393 e. The molecule has 0 heterocycles. The third-order valence-corrected chi connectivity index (χ3v) is 9.83. The van der Waals surface area contributed by atoms with Gasteiger partial charge in [-0.1, -0.05) is 58.4 Å². The Morgan fingerprint density at radius 2 is 1.86 bits per heavy atom. The van der Waals surface area contributed by atoms with Crippen molar-refractivity contribution in [3.8, 4) is 0 Å². The molecule has 158 valence electrons. The first-order chi connectivity index (χ1) is 13.3. The second-order valence-electron chi connectivity index (χ2n) is 11.8. The minimum atomic E-state index is -0.0842. The molecule has 1 N–H and O–H groups in total. The first-order valence-electron chi connectivity index (χ1n) is 12.3. The van der Waals surface area contributed by atoms with Gasteiger partial charge in [-0.3, -0.25) is 0 Å². The van der Waals surface area contributed by atoms with E-state index in [2.05, 4.69) is 52.8 Å². The summed E-state index contributed by atoms with van der Waals surface area (Å²) in [7, 11) is 0. The molecule has 1 heteroatoms. The van der Waals surface area contributed by atoms with Gasteiger partial charge in [0.15, 0.2) is 0 Å². The molecular formula is C27H44O. The predicted octanol–water partition coefficient (Wildman–Crippen LogP) is 7.16. The van der Waals surface area contributed by atoms with Crippen molar-refractivity contribution in [3.63, 3.8) is 0 Å². The highest BCUT2D eigenvalue weighted by molar-refractivity contribution is 5.25. The number of fused-ring (bicyclic) bond motifs is 5. The van der Waals surface area contributed by atoms with Crippen LogP contribution in [0.3, 0.4) is 0 Å². The fourth-order valence-electron chi connectivity index (χ4n) is 8.25. The van der Waals surface area contributed by atoms with E-state index in [1.807, 2.05) is 0 Å². The minimum absolute atomic E-state index is 0.0842. The molecule has 3 fully saturated rings. The third-order valence-electron chi connectivity index (χ3n) is 9.83. The topological polar surface area (TPSA) is 20.2 Å². The van der Waals surface area contributed by atoms with Crippen LogP contribution in [0.5, 0.6) is 0 Å². The predicted molar refractivity (Wildman–Crippen MR) is 119 cm³/mol. The summed E-state index contributed by atoms with van der Waals surface area (Å²) >= 11 is 0. The van der Waals surface area contributed by atoms with Gasteiger partial charge in [0.2, 0.25) is 0 Å². The first kappa shape index (κ1) is 20.7. The molecule has 1 nitrogen and oxygen atoms in total. The summed E-state index contributed by atoms with van der Waals surface area (Å²) in [6.07, 6.45) is 18.9. The Balaban J connectivity index is 1.53. The van der Waals surface area contributed by atoms with Crippen molar-refractivity contribution in [1.29, 1.82) is 0 Å². The summed E-state index contributed by atoms with van der Waals surface area (Å²) in [6, 6.07) is 0. The number of aliphatic hydroxyl groups is 1. The quantitative estimate of drug-likeness (QED) is 0.510. The summed E-state index contributed by atoms with van der Waals surface area (Å²) in [4.78, 5) is 0. The molecule has 4 rings (SSSR count). The molecule has 0 amide bonds. The molecule has 0 aliphatic heterocycles. The van der Waals surface area contributed by atoms with Gasteiger partial charge in [0.05, 0.1) is 6.10 Å². The van der Waals surface area contributed by atoms with Gasteiger partial charge in [-0.05, 0) is 104 Å². The smallest absolute Gasteiger partial charge is 0.0577 e. The van der Waals surface area contributed by atoms with Gasteiger partial charge in [0.25, 0.3) is 0 Å². The van der Waals surface area contributed by atoms with Crippen LogP contribution in [0.1, 0.15) is 92.4 Å². The van der Waals surface area contributed by atoms with Crippen molar-refractivity contribution in [2.45, 2.75) is 98.5 Å². The van der Waals surface area contributed by atoms with Crippen LogP contribution in [0.2, 0.25) is 0 Å². The second kappa shape index (κ2) is 7.60. The number of hydrogen-bond acceptors (Lipinski definition) is 1. The van der Waals surface area contributed by atoms with Crippen LogP contribution in [0.25, 0.3) is 0 Å². The lowest BCUT2D eigenvalue weighted by atomic mass is 9.47. The monoisotopic (exact) mass is 384 g/mol. The normalized spacial score (nSPS) is 46.8. The minimum Gasteiger partial charge on any atom is -0.393 e. The van der Waals surface area contributed by atoms with E-state index in [-0.39, 0.29) is 6.10 Å². The maximum atomic E-state index is 10.2. The molecule has 0 radical (unpaired) electrons. The van der Waals surface area contributed by atoms with Crippen LogP contribution in [-0.4, -0.2) is 11.2 Å². The van der Waals surface area contributed by atoms with Crippen LogP contribution < -0.4 is 0 Å². The summed E-state index contributed by atoms with van der Waals surface area (Å²) in [5.74, 6) is 5.03. The van der Waals surface area contributed by atoms with Crippen molar-refractivity contribution in [2.24, 2.45) is 46.3 Å². The SMILES string of the molecule is CC(C)CC=C[C@H](C)[C@H]1CC[C@H]2[C@@H]3CC=C4C[C@@H](O)CC[C@]4(C)[C@@H]3CC[C@]12C. The Morgan fingerprint density at radius 3 is 2.61 bits per heavy atom. The van der Waals surface area contributed by atoms with Gasteiger partial charge in [0.1, 0.15) is 0 Å². The van der Waals surface area contributed by atoms with Crippen molar-refractivity contribution < 1.29 is 5.11 Å². The third kappa shape index (κ3) is 3.34. The van der Waals surface area contributed by atoms with E-state index in [0.29, 0.717) is 10.8 Å². The molecule has 0 unspecified atom stereocenters. The first-order valence-corrected chi connectivity index (χ1v) is 12.3. The summed E-state index contributed by atoms with van der Waals surface area (Å²) in [5, 5.41) is 10.2. The molecule has 0 aromatic rings. The fourth-order valence-corrected chi connectivity index (χ4v) is 8.25. The van der Waals surface area contributed by atoms with Crippen LogP contribution >= 0.6 is 0 Å². The molecule has 3 saturated carbocycles. The van der Waals surface area contributed by atoms with E-state index in [9.17, 15) is 5.11 Å². The van der Waals surface area contributed by atoms with Gasteiger partial charge in [-0.15, -0.1) is 0 Å². The lowest BCUT2D eigenvalue weighted by Gasteiger charge is -2.58. The van der Waals surface area contributed by atoms with Crippen LogP contribution in [-0.2, 0) is 0 Å². The van der Waals surface area contributed by atoms with Gasteiger partial charge >= 0.3 is 0 Å². The molecule has 0 saturated heterocycles. The Bertz CT molecular complexity index is 630. The molecule has 0 spiro atoms. The highest BCUT2D eigenvalue weighted by Gasteiger charge is 2.58. The maximum Gasteiger partial charge on any atom is 0.0577 e. The van der Waals surface area contributed by atoms with E-state index in [1.165, 1.54) is 44.9 Å². The van der Waals surface area contributed by atoms with Crippen molar-refractivity contribution >= 4 is 0 Å². The lowest BCUT2D eigenvalue weighted by molar-refractivity contribution is -0.0540. The summed E-state index contributed by atoms with van der Waals surface area (Å²) in [6.45, 7) is 12.3. The summed E-state index contributed by atoms with van der Waals surface area (Å²) in [5.41, 5.74) is 2.53.